The number of aryl methyl sites for hydroxylation is 1. The monoisotopic (exact) mass is 239 g/mol. The van der Waals surface area contributed by atoms with Crippen molar-refractivity contribution in [2.24, 2.45) is 5.92 Å². The second-order valence-corrected chi connectivity index (χ2v) is 4.26. The predicted octanol–water partition coefficient (Wildman–Crippen LogP) is 1.99. The first-order chi connectivity index (χ1) is 8.00. The van der Waals surface area contributed by atoms with Crippen LogP contribution in [0.5, 0.6) is 0 Å². The Morgan fingerprint density at radius 1 is 1.53 bits per heavy atom. The minimum Gasteiger partial charge on any atom is -0.481 e. The molecule has 17 heavy (non-hydrogen) atoms. The third kappa shape index (κ3) is 4.53. The molecule has 0 amide bonds. The van der Waals surface area contributed by atoms with Gasteiger partial charge in [-0.3, -0.25) is 4.79 Å². The van der Waals surface area contributed by atoms with E-state index in [0.717, 1.165) is 17.5 Å². The van der Waals surface area contributed by atoms with Gasteiger partial charge < -0.3 is 10.4 Å². The van der Waals surface area contributed by atoms with Gasteiger partial charge in [-0.15, -0.1) is 0 Å². The number of hydrogen-bond acceptors (Lipinski definition) is 2. The second-order valence-electron chi connectivity index (χ2n) is 4.26. The number of carbonyl (C=O) groups is 1. The molecule has 0 fully saturated rings. The summed E-state index contributed by atoms with van der Waals surface area (Å²) in [5.74, 6) is -1.40. The number of nitrogens with one attached hydrogen (secondary N) is 1. The lowest BCUT2D eigenvalue weighted by molar-refractivity contribution is -0.140. The Hall–Kier alpha value is -1.42. The van der Waals surface area contributed by atoms with Gasteiger partial charge in [-0.1, -0.05) is 13.0 Å². The fourth-order valence-electron chi connectivity index (χ4n) is 1.57. The number of halogens is 1. The molecule has 94 valence electrons. The molecule has 2 N–H and O–H groups in total. The van der Waals surface area contributed by atoms with Crippen LogP contribution in [0.2, 0.25) is 0 Å². The summed E-state index contributed by atoms with van der Waals surface area (Å²) in [6.45, 7) is 4.69. The normalized spacial score (nSPS) is 12.4. The smallest absolute Gasteiger partial charge is 0.307 e. The fraction of sp³-hybridized carbons (Fsp3) is 0.462. The van der Waals surface area contributed by atoms with Crippen LogP contribution < -0.4 is 5.32 Å². The molecule has 0 aliphatic rings. The first kappa shape index (κ1) is 13.6. The van der Waals surface area contributed by atoms with Crippen LogP contribution in [0, 0.1) is 18.7 Å². The van der Waals surface area contributed by atoms with Crippen molar-refractivity contribution in [1.82, 2.24) is 5.32 Å². The maximum atomic E-state index is 12.8. The van der Waals surface area contributed by atoms with Crippen LogP contribution >= 0.6 is 0 Å². The summed E-state index contributed by atoms with van der Waals surface area (Å²) in [5.41, 5.74) is 2.01. The standard InChI is InChI=1S/C13H18FNO2/c1-9-7-12(14)4-3-11(9)5-6-15-8-10(2)13(16)17/h3-4,7,10,15H,5-6,8H2,1-2H3,(H,16,17). The van der Waals surface area contributed by atoms with E-state index in [9.17, 15) is 9.18 Å². The molecule has 1 atom stereocenters. The number of rotatable bonds is 6. The van der Waals surface area contributed by atoms with E-state index in [0.29, 0.717) is 13.1 Å². The van der Waals surface area contributed by atoms with Crippen LogP contribution in [0.4, 0.5) is 4.39 Å². The first-order valence-corrected chi connectivity index (χ1v) is 5.69. The number of hydrogen-bond donors (Lipinski definition) is 2. The zero-order valence-corrected chi connectivity index (χ0v) is 10.2. The van der Waals surface area contributed by atoms with Crippen molar-refractivity contribution in [3.05, 3.63) is 35.1 Å². The summed E-state index contributed by atoms with van der Waals surface area (Å²) < 4.78 is 12.8. The van der Waals surface area contributed by atoms with E-state index < -0.39 is 5.97 Å². The lowest BCUT2D eigenvalue weighted by atomic mass is 10.1. The topological polar surface area (TPSA) is 49.3 Å². The molecule has 0 spiro atoms. The van der Waals surface area contributed by atoms with E-state index in [-0.39, 0.29) is 11.7 Å². The van der Waals surface area contributed by atoms with Gasteiger partial charge in [0.05, 0.1) is 5.92 Å². The van der Waals surface area contributed by atoms with Gasteiger partial charge in [-0.25, -0.2) is 4.39 Å². The molecule has 1 aromatic rings. The average Bonchev–Trinajstić information content (AvgIpc) is 2.26. The summed E-state index contributed by atoms with van der Waals surface area (Å²) in [4.78, 5) is 10.6. The number of benzene rings is 1. The third-order valence-corrected chi connectivity index (χ3v) is 2.75. The second kappa shape index (κ2) is 6.35. The number of carboxylic acid groups (broad SMARTS) is 1. The van der Waals surface area contributed by atoms with Crippen molar-refractivity contribution in [2.45, 2.75) is 20.3 Å². The highest BCUT2D eigenvalue weighted by atomic mass is 19.1. The van der Waals surface area contributed by atoms with Gasteiger partial charge in [-0.2, -0.15) is 0 Å². The molecule has 0 saturated carbocycles. The zero-order chi connectivity index (χ0) is 12.8. The molecule has 1 unspecified atom stereocenters. The quantitative estimate of drug-likeness (QED) is 0.746. The van der Waals surface area contributed by atoms with Crippen LogP contribution in [0.15, 0.2) is 18.2 Å². The minimum atomic E-state index is -0.796. The molecule has 0 aliphatic carbocycles. The van der Waals surface area contributed by atoms with E-state index in [2.05, 4.69) is 5.32 Å². The van der Waals surface area contributed by atoms with Crippen molar-refractivity contribution in [3.63, 3.8) is 0 Å². The number of aliphatic carboxylic acids is 1. The van der Waals surface area contributed by atoms with Crippen LogP contribution in [-0.4, -0.2) is 24.2 Å². The molecule has 0 heterocycles. The van der Waals surface area contributed by atoms with Crippen LogP contribution in [-0.2, 0) is 11.2 Å². The lowest BCUT2D eigenvalue weighted by Gasteiger charge is -2.09. The summed E-state index contributed by atoms with van der Waals surface area (Å²) in [6, 6.07) is 4.73. The molecule has 3 nitrogen and oxygen atoms in total. The molecule has 0 aromatic heterocycles. The van der Waals surface area contributed by atoms with E-state index >= 15 is 0 Å². The van der Waals surface area contributed by atoms with Crippen molar-refractivity contribution in [2.75, 3.05) is 13.1 Å². The average molecular weight is 239 g/mol. The zero-order valence-electron chi connectivity index (χ0n) is 10.2. The Bertz CT molecular complexity index is 393. The van der Waals surface area contributed by atoms with E-state index in [4.69, 9.17) is 5.11 Å². The predicted molar refractivity (Wildman–Crippen MR) is 64.5 cm³/mol. The SMILES string of the molecule is Cc1cc(F)ccc1CCNCC(C)C(=O)O. The van der Waals surface area contributed by atoms with Gasteiger partial charge in [-0.05, 0) is 43.1 Å². The molecular weight excluding hydrogens is 221 g/mol. The maximum Gasteiger partial charge on any atom is 0.307 e. The van der Waals surface area contributed by atoms with Gasteiger partial charge in [0, 0.05) is 6.54 Å². The maximum absolute atomic E-state index is 12.8. The molecule has 0 aliphatic heterocycles. The molecule has 0 saturated heterocycles. The largest absolute Gasteiger partial charge is 0.481 e. The van der Waals surface area contributed by atoms with Crippen molar-refractivity contribution < 1.29 is 14.3 Å². The number of carboxylic acids is 1. The fourth-order valence-corrected chi connectivity index (χ4v) is 1.57. The molecular formula is C13H18FNO2. The highest BCUT2D eigenvalue weighted by Crippen LogP contribution is 2.10. The summed E-state index contributed by atoms with van der Waals surface area (Å²) >= 11 is 0. The van der Waals surface area contributed by atoms with Gasteiger partial charge in [0.15, 0.2) is 0 Å². The molecule has 4 heteroatoms. The van der Waals surface area contributed by atoms with Gasteiger partial charge in [0.2, 0.25) is 0 Å². The molecule has 1 aromatic carbocycles. The van der Waals surface area contributed by atoms with Crippen LogP contribution in [0.1, 0.15) is 18.1 Å². The van der Waals surface area contributed by atoms with Gasteiger partial charge >= 0.3 is 5.97 Å². The van der Waals surface area contributed by atoms with E-state index in [1.165, 1.54) is 12.1 Å². The summed E-state index contributed by atoms with van der Waals surface area (Å²) in [7, 11) is 0. The van der Waals surface area contributed by atoms with Crippen LogP contribution in [0.3, 0.4) is 0 Å². The minimum absolute atomic E-state index is 0.223. The lowest BCUT2D eigenvalue weighted by Crippen LogP contribution is -2.27. The molecule has 1 rings (SSSR count). The first-order valence-electron chi connectivity index (χ1n) is 5.69. The van der Waals surface area contributed by atoms with Crippen LogP contribution in [0.25, 0.3) is 0 Å². The highest BCUT2D eigenvalue weighted by Gasteiger charge is 2.09. The van der Waals surface area contributed by atoms with Gasteiger partial charge in [0.1, 0.15) is 5.82 Å². The Morgan fingerprint density at radius 2 is 2.24 bits per heavy atom. The molecule has 0 bridgehead atoms. The Balaban J connectivity index is 2.34. The van der Waals surface area contributed by atoms with E-state index in [1.54, 1.807) is 13.0 Å². The van der Waals surface area contributed by atoms with Crippen molar-refractivity contribution in [1.29, 1.82) is 0 Å². The summed E-state index contributed by atoms with van der Waals surface area (Å²) in [6.07, 6.45) is 0.776. The highest BCUT2D eigenvalue weighted by molar-refractivity contribution is 5.69. The van der Waals surface area contributed by atoms with Gasteiger partial charge in [0.25, 0.3) is 0 Å². The summed E-state index contributed by atoms with van der Waals surface area (Å²) in [5, 5.41) is 11.8. The Labute approximate surface area is 101 Å². The molecule has 0 radical (unpaired) electrons. The van der Waals surface area contributed by atoms with Crippen molar-refractivity contribution >= 4 is 5.97 Å². The van der Waals surface area contributed by atoms with E-state index in [1.807, 2.05) is 6.92 Å². The van der Waals surface area contributed by atoms with Crippen molar-refractivity contribution in [3.8, 4) is 0 Å². The Morgan fingerprint density at radius 3 is 2.82 bits per heavy atom. The third-order valence-electron chi connectivity index (χ3n) is 2.75. The Kier molecular flexibility index (Phi) is 5.10.